The van der Waals surface area contributed by atoms with Crippen LogP contribution in [0.3, 0.4) is 0 Å². The molecule has 0 aliphatic rings. The summed E-state index contributed by atoms with van der Waals surface area (Å²) < 4.78 is 6.48. The maximum atomic E-state index is 5.71. The molecule has 12 heavy (non-hydrogen) atoms. The maximum Gasteiger partial charge on any atom is 0.159 e. The molecular formula is C7H8Br2N2O. The number of rotatable bonds is 1. The molecule has 1 rings (SSSR count). The summed E-state index contributed by atoms with van der Waals surface area (Å²) in [6.07, 6.45) is 0. The zero-order chi connectivity index (χ0) is 9.30. The van der Waals surface area contributed by atoms with E-state index in [-0.39, 0.29) is 0 Å². The SMILES string of the molecule is COc1c(N)c(Br)cc(N)c1Br. The number of methoxy groups -OCH3 is 1. The van der Waals surface area contributed by atoms with E-state index in [9.17, 15) is 0 Å². The van der Waals surface area contributed by atoms with Crippen LogP contribution in [0.2, 0.25) is 0 Å². The summed E-state index contributed by atoms with van der Waals surface area (Å²) in [6, 6.07) is 1.72. The van der Waals surface area contributed by atoms with Crippen molar-refractivity contribution in [3.8, 4) is 5.75 Å². The van der Waals surface area contributed by atoms with E-state index in [1.807, 2.05) is 0 Å². The van der Waals surface area contributed by atoms with Crippen molar-refractivity contribution in [3.63, 3.8) is 0 Å². The first-order valence-corrected chi connectivity index (χ1v) is 4.73. The summed E-state index contributed by atoms with van der Waals surface area (Å²) in [4.78, 5) is 0. The molecule has 1 aromatic rings. The second-order valence-corrected chi connectivity index (χ2v) is 3.86. The molecule has 3 nitrogen and oxygen atoms in total. The van der Waals surface area contributed by atoms with Gasteiger partial charge in [-0.25, -0.2) is 0 Å². The molecular weight excluding hydrogens is 288 g/mol. The van der Waals surface area contributed by atoms with Crippen LogP contribution in [0, 0.1) is 0 Å². The summed E-state index contributed by atoms with van der Waals surface area (Å²) in [7, 11) is 1.54. The van der Waals surface area contributed by atoms with Crippen molar-refractivity contribution < 1.29 is 4.74 Å². The summed E-state index contributed by atoms with van der Waals surface area (Å²) in [5.41, 5.74) is 12.5. The first kappa shape index (κ1) is 9.67. The molecule has 0 aromatic heterocycles. The van der Waals surface area contributed by atoms with Crippen LogP contribution >= 0.6 is 31.9 Å². The first-order valence-electron chi connectivity index (χ1n) is 3.15. The van der Waals surface area contributed by atoms with E-state index in [2.05, 4.69) is 31.9 Å². The second kappa shape index (κ2) is 3.53. The van der Waals surface area contributed by atoms with Gasteiger partial charge >= 0.3 is 0 Å². The first-order chi connectivity index (χ1) is 5.57. The number of benzene rings is 1. The molecule has 4 N–H and O–H groups in total. The van der Waals surface area contributed by atoms with Gasteiger partial charge in [0.05, 0.1) is 23.0 Å². The van der Waals surface area contributed by atoms with Crippen LogP contribution in [-0.2, 0) is 0 Å². The largest absolute Gasteiger partial charge is 0.493 e. The summed E-state index contributed by atoms with van der Waals surface area (Å²) in [5, 5.41) is 0. The van der Waals surface area contributed by atoms with Crippen LogP contribution in [0.5, 0.6) is 5.75 Å². The topological polar surface area (TPSA) is 61.3 Å². The van der Waals surface area contributed by atoms with Crippen LogP contribution in [0.15, 0.2) is 15.0 Å². The van der Waals surface area contributed by atoms with Gasteiger partial charge in [-0.15, -0.1) is 0 Å². The van der Waals surface area contributed by atoms with Crippen LogP contribution in [0.25, 0.3) is 0 Å². The summed E-state index contributed by atoms with van der Waals surface area (Å²) in [5.74, 6) is 0.557. The lowest BCUT2D eigenvalue weighted by atomic mass is 10.2. The molecule has 1 aromatic carbocycles. The minimum absolute atomic E-state index is 0.540. The molecule has 0 atom stereocenters. The van der Waals surface area contributed by atoms with Gasteiger partial charge in [0.15, 0.2) is 5.75 Å². The van der Waals surface area contributed by atoms with Crippen LogP contribution in [0.4, 0.5) is 11.4 Å². The number of halogens is 2. The van der Waals surface area contributed by atoms with Gasteiger partial charge in [-0.05, 0) is 37.9 Å². The highest BCUT2D eigenvalue weighted by Crippen LogP contribution is 2.40. The highest BCUT2D eigenvalue weighted by atomic mass is 79.9. The number of ether oxygens (including phenoxy) is 1. The van der Waals surface area contributed by atoms with E-state index >= 15 is 0 Å². The smallest absolute Gasteiger partial charge is 0.159 e. The minimum Gasteiger partial charge on any atom is -0.493 e. The molecule has 0 aliphatic carbocycles. The molecule has 0 radical (unpaired) electrons. The van der Waals surface area contributed by atoms with Crippen molar-refractivity contribution in [2.45, 2.75) is 0 Å². The summed E-state index contributed by atoms with van der Waals surface area (Å²) >= 11 is 6.54. The predicted octanol–water partition coefficient (Wildman–Crippen LogP) is 2.38. The van der Waals surface area contributed by atoms with E-state index in [4.69, 9.17) is 16.2 Å². The molecule has 0 saturated heterocycles. The number of anilines is 2. The molecule has 66 valence electrons. The lowest BCUT2D eigenvalue weighted by Crippen LogP contribution is -1.97. The third-order valence-electron chi connectivity index (χ3n) is 1.44. The maximum absolute atomic E-state index is 5.71. The third-order valence-corrected chi connectivity index (χ3v) is 2.92. The fraction of sp³-hybridized carbons (Fsp3) is 0.143. The quantitative estimate of drug-likeness (QED) is 0.782. The van der Waals surface area contributed by atoms with Crippen molar-refractivity contribution in [3.05, 3.63) is 15.0 Å². The van der Waals surface area contributed by atoms with E-state index < -0.39 is 0 Å². The molecule has 0 spiro atoms. The lowest BCUT2D eigenvalue weighted by Gasteiger charge is -2.10. The Kier molecular flexibility index (Phi) is 2.85. The van der Waals surface area contributed by atoms with Crippen molar-refractivity contribution in [2.24, 2.45) is 0 Å². The van der Waals surface area contributed by atoms with Gasteiger partial charge in [0.1, 0.15) is 0 Å². The highest BCUT2D eigenvalue weighted by Gasteiger charge is 2.11. The highest BCUT2D eigenvalue weighted by molar-refractivity contribution is 9.11. The average molecular weight is 296 g/mol. The van der Waals surface area contributed by atoms with Crippen LogP contribution < -0.4 is 16.2 Å². The Hall–Kier alpha value is -0.420. The van der Waals surface area contributed by atoms with Crippen LogP contribution in [0.1, 0.15) is 0 Å². The van der Waals surface area contributed by atoms with Crippen molar-refractivity contribution in [1.29, 1.82) is 0 Å². The number of nitrogen functional groups attached to an aromatic ring is 2. The molecule has 0 bridgehead atoms. The van der Waals surface area contributed by atoms with Gasteiger partial charge in [-0.1, -0.05) is 0 Å². The van der Waals surface area contributed by atoms with E-state index in [0.717, 1.165) is 4.47 Å². The number of hydrogen-bond acceptors (Lipinski definition) is 3. The molecule has 0 fully saturated rings. The van der Waals surface area contributed by atoms with E-state index in [1.165, 1.54) is 0 Å². The Labute approximate surface area is 87.3 Å². The van der Waals surface area contributed by atoms with Crippen molar-refractivity contribution >= 4 is 43.2 Å². The average Bonchev–Trinajstić information content (AvgIpc) is 2.02. The Balaban J connectivity index is 3.42. The van der Waals surface area contributed by atoms with Gasteiger partial charge in [-0.2, -0.15) is 0 Å². The molecule has 5 heteroatoms. The molecule has 0 amide bonds. The van der Waals surface area contributed by atoms with Gasteiger partial charge in [0, 0.05) is 4.47 Å². The minimum atomic E-state index is 0.540. The molecule has 0 unspecified atom stereocenters. The lowest BCUT2D eigenvalue weighted by molar-refractivity contribution is 0.414. The van der Waals surface area contributed by atoms with Gasteiger partial charge < -0.3 is 16.2 Å². The monoisotopic (exact) mass is 294 g/mol. The van der Waals surface area contributed by atoms with Gasteiger partial charge in [0.25, 0.3) is 0 Å². The Morgan fingerprint density at radius 2 is 1.92 bits per heavy atom. The Morgan fingerprint density at radius 1 is 1.33 bits per heavy atom. The fourth-order valence-electron chi connectivity index (χ4n) is 0.835. The van der Waals surface area contributed by atoms with Crippen molar-refractivity contribution in [1.82, 2.24) is 0 Å². The zero-order valence-electron chi connectivity index (χ0n) is 6.40. The van der Waals surface area contributed by atoms with E-state index in [1.54, 1.807) is 13.2 Å². The third kappa shape index (κ3) is 1.51. The number of nitrogens with two attached hydrogens (primary N) is 2. The molecule has 0 heterocycles. The molecule has 0 saturated carbocycles. The number of hydrogen-bond donors (Lipinski definition) is 2. The van der Waals surface area contributed by atoms with Gasteiger partial charge in [-0.3, -0.25) is 0 Å². The second-order valence-electron chi connectivity index (χ2n) is 2.21. The Bertz CT molecular complexity index is 289. The zero-order valence-corrected chi connectivity index (χ0v) is 9.57. The van der Waals surface area contributed by atoms with Crippen molar-refractivity contribution in [2.75, 3.05) is 18.6 Å². The normalized spacial score (nSPS) is 9.92. The summed E-state index contributed by atoms with van der Waals surface area (Å²) in [6.45, 7) is 0. The fourth-order valence-corrected chi connectivity index (χ4v) is 1.75. The van der Waals surface area contributed by atoms with Crippen LogP contribution in [-0.4, -0.2) is 7.11 Å². The molecule has 0 aliphatic heterocycles. The predicted molar refractivity (Wildman–Crippen MR) is 57.2 cm³/mol. The van der Waals surface area contributed by atoms with Gasteiger partial charge in [0.2, 0.25) is 0 Å². The Morgan fingerprint density at radius 3 is 2.42 bits per heavy atom. The van der Waals surface area contributed by atoms with E-state index in [0.29, 0.717) is 21.6 Å². The standard InChI is InChI=1S/C7H8Br2N2O/c1-12-7-5(9)4(10)2-3(8)6(7)11/h2H,10-11H2,1H3.